The van der Waals surface area contributed by atoms with Crippen LogP contribution in [0.1, 0.15) is 64.6 Å². The third-order valence-electron chi connectivity index (χ3n) is 5.72. The molecule has 0 saturated carbocycles. The van der Waals surface area contributed by atoms with E-state index in [0.717, 1.165) is 29.0 Å². The first kappa shape index (κ1) is 26.2. The van der Waals surface area contributed by atoms with Crippen molar-refractivity contribution in [2.24, 2.45) is 0 Å². The van der Waals surface area contributed by atoms with Gasteiger partial charge in [-0.15, -0.1) is 0 Å². The van der Waals surface area contributed by atoms with Gasteiger partial charge in [0.2, 0.25) is 16.0 Å². The summed E-state index contributed by atoms with van der Waals surface area (Å²) >= 11 is 0. The molecule has 34 heavy (non-hydrogen) atoms. The summed E-state index contributed by atoms with van der Waals surface area (Å²) in [6.07, 6.45) is 6.52. The highest BCUT2D eigenvalue weighted by Gasteiger charge is 2.33. The van der Waals surface area contributed by atoms with Crippen LogP contribution in [0.5, 0.6) is 0 Å². The Bertz CT molecular complexity index is 1150. The number of hydrogen-bond acceptors (Lipinski definition) is 6. The van der Waals surface area contributed by atoms with Gasteiger partial charge in [-0.1, -0.05) is 32.9 Å². The van der Waals surface area contributed by atoms with Crippen LogP contribution in [0.2, 0.25) is 0 Å². The van der Waals surface area contributed by atoms with Crippen molar-refractivity contribution in [1.29, 1.82) is 0 Å². The number of benzene rings is 1. The van der Waals surface area contributed by atoms with Crippen molar-refractivity contribution in [3.63, 3.8) is 0 Å². The van der Waals surface area contributed by atoms with Gasteiger partial charge in [0.05, 0.1) is 29.9 Å². The van der Waals surface area contributed by atoms with E-state index in [0.29, 0.717) is 17.0 Å². The van der Waals surface area contributed by atoms with Gasteiger partial charge in [-0.25, -0.2) is 27.1 Å². The molecule has 1 aliphatic rings. The molecule has 0 aliphatic carbocycles. The number of sulfonamides is 1. The highest BCUT2D eigenvalue weighted by atomic mass is 32.2. The maximum atomic E-state index is 13.6. The van der Waals surface area contributed by atoms with Crippen molar-refractivity contribution >= 4 is 22.0 Å². The molecule has 2 aromatic rings. The molecule has 0 bridgehead atoms. The fourth-order valence-electron chi connectivity index (χ4n) is 3.92. The third kappa shape index (κ3) is 6.20. The summed E-state index contributed by atoms with van der Waals surface area (Å²) < 4.78 is 51.2. The lowest BCUT2D eigenvalue weighted by atomic mass is 9.97. The Hall–Kier alpha value is -2.36. The number of nitrogens with zero attached hydrogens (tertiary/aromatic N) is 3. The maximum absolute atomic E-state index is 13.6. The molecule has 1 saturated heterocycles. The maximum Gasteiger partial charge on any atom is 0.239 e. The molecule has 0 N–H and O–H groups in total. The quantitative estimate of drug-likeness (QED) is 0.534. The zero-order valence-electron chi connectivity index (χ0n) is 20.9. The summed E-state index contributed by atoms with van der Waals surface area (Å²) in [4.78, 5) is 9.21. The Balaban J connectivity index is 2.16. The average molecular weight is 492 g/mol. The molecule has 9 heteroatoms. The summed E-state index contributed by atoms with van der Waals surface area (Å²) in [5.74, 6) is -1.02. The largest absolute Gasteiger partial charge is 0.347 e. The Kier molecular flexibility index (Phi) is 7.79. The standard InChI is InChI=1S/C25H34FN3O4S/c1-8-19-15-20(33-25(4,5)32-19)13-14-21-22(16(2)3)27-24(29(6)34(7,30)31)28-23(21)17-9-11-18(26)12-10-17/h9-14,16,19-20H,8,15H2,1-7H3. The lowest BCUT2D eigenvalue weighted by molar-refractivity contribution is -0.290. The van der Waals surface area contributed by atoms with E-state index in [1.165, 1.54) is 19.2 Å². The first-order chi connectivity index (χ1) is 15.8. The molecule has 1 aromatic carbocycles. The van der Waals surface area contributed by atoms with Crippen molar-refractivity contribution in [2.45, 2.75) is 71.4 Å². The molecule has 0 radical (unpaired) electrons. The van der Waals surface area contributed by atoms with Crippen LogP contribution in [-0.4, -0.2) is 49.7 Å². The molecule has 186 valence electrons. The van der Waals surface area contributed by atoms with E-state index in [1.807, 2.05) is 39.8 Å². The van der Waals surface area contributed by atoms with Gasteiger partial charge < -0.3 is 9.47 Å². The van der Waals surface area contributed by atoms with E-state index in [-0.39, 0.29) is 29.9 Å². The van der Waals surface area contributed by atoms with Gasteiger partial charge in [0.15, 0.2) is 5.79 Å². The summed E-state index contributed by atoms with van der Waals surface area (Å²) in [5, 5.41) is 0. The smallest absolute Gasteiger partial charge is 0.239 e. The lowest BCUT2D eigenvalue weighted by Gasteiger charge is -2.39. The molecule has 1 aromatic heterocycles. The zero-order valence-corrected chi connectivity index (χ0v) is 21.7. The van der Waals surface area contributed by atoms with E-state index in [4.69, 9.17) is 9.47 Å². The fraction of sp³-hybridized carbons (Fsp3) is 0.520. The SMILES string of the molecule is CCC1CC(C=Cc2c(-c3ccc(F)cc3)nc(N(C)S(C)(=O)=O)nc2C(C)C)OC(C)(C)O1. The Morgan fingerprint density at radius 2 is 1.85 bits per heavy atom. The molecule has 1 fully saturated rings. The van der Waals surface area contributed by atoms with Crippen LogP contribution in [-0.2, 0) is 19.5 Å². The van der Waals surface area contributed by atoms with Gasteiger partial charge >= 0.3 is 0 Å². The molecule has 3 rings (SSSR count). The van der Waals surface area contributed by atoms with Crippen molar-refractivity contribution in [2.75, 3.05) is 17.6 Å². The molecule has 2 atom stereocenters. The summed E-state index contributed by atoms with van der Waals surface area (Å²) in [7, 11) is -2.15. The second kappa shape index (κ2) is 10.1. The van der Waals surface area contributed by atoms with Gasteiger partial charge in [-0.3, -0.25) is 0 Å². The minimum absolute atomic E-state index is 0.0241. The number of hydrogen-bond donors (Lipinski definition) is 0. The van der Waals surface area contributed by atoms with Crippen LogP contribution in [0.3, 0.4) is 0 Å². The van der Waals surface area contributed by atoms with Crippen LogP contribution in [0.4, 0.5) is 10.3 Å². The number of anilines is 1. The minimum Gasteiger partial charge on any atom is -0.347 e. The number of aromatic nitrogens is 2. The van der Waals surface area contributed by atoms with E-state index < -0.39 is 15.8 Å². The normalized spacial score (nSPS) is 20.7. The number of ether oxygens (including phenoxy) is 2. The van der Waals surface area contributed by atoms with Gasteiger partial charge in [0, 0.05) is 24.6 Å². The lowest BCUT2D eigenvalue weighted by Crippen LogP contribution is -2.43. The van der Waals surface area contributed by atoms with Gasteiger partial charge in [-0.2, -0.15) is 0 Å². The van der Waals surface area contributed by atoms with Crippen LogP contribution in [0.25, 0.3) is 17.3 Å². The summed E-state index contributed by atoms with van der Waals surface area (Å²) in [5.41, 5.74) is 2.62. The zero-order chi connectivity index (χ0) is 25.3. The second-order valence-corrected chi connectivity index (χ2v) is 11.4. The van der Waals surface area contributed by atoms with Gasteiger partial charge in [-0.05, 0) is 50.5 Å². The Labute approximate surface area is 202 Å². The Morgan fingerprint density at radius 3 is 2.41 bits per heavy atom. The van der Waals surface area contributed by atoms with E-state index >= 15 is 0 Å². The van der Waals surface area contributed by atoms with Crippen molar-refractivity contribution in [3.05, 3.63) is 47.4 Å². The third-order valence-corrected chi connectivity index (χ3v) is 6.88. The second-order valence-electron chi connectivity index (χ2n) is 9.36. The van der Waals surface area contributed by atoms with Crippen LogP contribution < -0.4 is 4.31 Å². The van der Waals surface area contributed by atoms with Crippen LogP contribution >= 0.6 is 0 Å². The number of rotatable bonds is 7. The highest BCUT2D eigenvalue weighted by molar-refractivity contribution is 7.92. The van der Waals surface area contributed by atoms with Crippen molar-refractivity contribution < 1.29 is 22.3 Å². The first-order valence-electron chi connectivity index (χ1n) is 11.5. The molecule has 1 aliphatic heterocycles. The monoisotopic (exact) mass is 491 g/mol. The van der Waals surface area contributed by atoms with E-state index in [1.54, 1.807) is 12.1 Å². The van der Waals surface area contributed by atoms with Crippen molar-refractivity contribution in [1.82, 2.24) is 9.97 Å². The fourth-order valence-corrected chi connectivity index (χ4v) is 4.29. The van der Waals surface area contributed by atoms with E-state index in [9.17, 15) is 12.8 Å². The van der Waals surface area contributed by atoms with Gasteiger partial charge in [0.25, 0.3) is 0 Å². The predicted molar refractivity (Wildman–Crippen MR) is 133 cm³/mol. The first-order valence-corrected chi connectivity index (χ1v) is 13.3. The van der Waals surface area contributed by atoms with Crippen LogP contribution in [0, 0.1) is 5.82 Å². The topological polar surface area (TPSA) is 81.6 Å². The molecule has 0 spiro atoms. The van der Waals surface area contributed by atoms with E-state index in [2.05, 4.69) is 16.9 Å². The highest BCUT2D eigenvalue weighted by Crippen LogP contribution is 2.33. The number of halogens is 1. The molecular formula is C25H34FN3O4S. The molecule has 0 amide bonds. The van der Waals surface area contributed by atoms with Crippen molar-refractivity contribution in [3.8, 4) is 11.3 Å². The van der Waals surface area contributed by atoms with Crippen LogP contribution in [0.15, 0.2) is 30.3 Å². The minimum atomic E-state index is -3.57. The Morgan fingerprint density at radius 1 is 1.21 bits per heavy atom. The molecule has 2 unspecified atom stereocenters. The summed E-state index contributed by atoms with van der Waals surface area (Å²) in [6.45, 7) is 9.86. The molecule has 7 nitrogen and oxygen atoms in total. The average Bonchev–Trinajstić information content (AvgIpc) is 2.75. The molecular weight excluding hydrogens is 457 g/mol. The molecule has 2 heterocycles. The predicted octanol–water partition coefficient (Wildman–Crippen LogP) is 5.14. The van der Waals surface area contributed by atoms with Gasteiger partial charge in [0.1, 0.15) is 5.82 Å². The summed E-state index contributed by atoms with van der Waals surface area (Å²) in [6, 6.07) is 5.97.